The van der Waals surface area contributed by atoms with Crippen LogP contribution in [0.15, 0.2) is 0 Å². The van der Waals surface area contributed by atoms with E-state index in [1.165, 1.54) is 32.8 Å². The molecule has 1 heterocycles. The highest BCUT2D eigenvalue weighted by atomic mass is 16.5. The number of carbonyl (C=O) groups is 2. The molecule has 1 saturated carbocycles. The van der Waals surface area contributed by atoms with E-state index in [2.05, 4.69) is 10.1 Å². The standard InChI is InChI=1S/C13H23N3O3/c1-19-13(18)16-8-6-15(7-9-16)12(17)10-14-11-4-2-3-5-11/h11,14H,2-10H2,1H3. The number of nitrogens with zero attached hydrogens (tertiary/aromatic N) is 2. The van der Waals surface area contributed by atoms with E-state index >= 15 is 0 Å². The molecule has 0 aromatic rings. The van der Waals surface area contributed by atoms with Gasteiger partial charge in [0.25, 0.3) is 0 Å². The molecule has 19 heavy (non-hydrogen) atoms. The van der Waals surface area contributed by atoms with Crippen molar-refractivity contribution >= 4 is 12.0 Å². The van der Waals surface area contributed by atoms with Crippen LogP contribution in [0.4, 0.5) is 4.79 Å². The summed E-state index contributed by atoms with van der Waals surface area (Å²) in [5.41, 5.74) is 0. The maximum atomic E-state index is 12.0. The molecule has 0 spiro atoms. The first-order valence-electron chi connectivity index (χ1n) is 7.05. The maximum absolute atomic E-state index is 12.0. The molecular formula is C13H23N3O3. The zero-order valence-electron chi connectivity index (χ0n) is 11.6. The van der Waals surface area contributed by atoms with Gasteiger partial charge in [0.05, 0.1) is 13.7 Å². The summed E-state index contributed by atoms with van der Waals surface area (Å²) >= 11 is 0. The summed E-state index contributed by atoms with van der Waals surface area (Å²) in [4.78, 5) is 26.8. The largest absolute Gasteiger partial charge is 0.453 e. The molecule has 2 aliphatic rings. The highest BCUT2D eigenvalue weighted by molar-refractivity contribution is 5.78. The molecule has 0 radical (unpaired) electrons. The Kier molecular flexibility index (Phi) is 5.01. The molecule has 0 aromatic carbocycles. The molecule has 2 fully saturated rings. The predicted molar refractivity (Wildman–Crippen MR) is 70.8 cm³/mol. The van der Waals surface area contributed by atoms with Crippen LogP contribution in [0, 0.1) is 0 Å². The SMILES string of the molecule is COC(=O)N1CCN(C(=O)CNC2CCCC2)CC1. The minimum absolute atomic E-state index is 0.136. The lowest BCUT2D eigenvalue weighted by Crippen LogP contribution is -2.52. The van der Waals surface area contributed by atoms with Gasteiger partial charge < -0.3 is 19.9 Å². The topological polar surface area (TPSA) is 61.9 Å². The fraction of sp³-hybridized carbons (Fsp3) is 0.846. The van der Waals surface area contributed by atoms with Crippen molar-refractivity contribution in [1.29, 1.82) is 0 Å². The molecule has 1 N–H and O–H groups in total. The third-order valence-electron chi connectivity index (χ3n) is 3.96. The van der Waals surface area contributed by atoms with E-state index < -0.39 is 0 Å². The summed E-state index contributed by atoms with van der Waals surface area (Å²) in [5.74, 6) is 0.136. The number of amides is 2. The molecular weight excluding hydrogens is 246 g/mol. The minimum atomic E-state index is -0.309. The van der Waals surface area contributed by atoms with Gasteiger partial charge >= 0.3 is 6.09 Å². The maximum Gasteiger partial charge on any atom is 0.409 e. The molecule has 6 heteroatoms. The van der Waals surface area contributed by atoms with Gasteiger partial charge in [-0.2, -0.15) is 0 Å². The summed E-state index contributed by atoms with van der Waals surface area (Å²) in [6.45, 7) is 2.73. The highest BCUT2D eigenvalue weighted by Crippen LogP contribution is 2.17. The van der Waals surface area contributed by atoms with Crippen LogP contribution in [0.2, 0.25) is 0 Å². The van der Waals surface area contributed by atoms with Crippen molar-refractivity contribution < 1.29 is 14.3 Å². The smallest absolute Gasteiger partial charge is 0.409 e. The number of carbonyl (C=O) groups excluding carboxylic acids is 2. The molecule has 2 amide bonds. The van der Waals surface area contributed by atoms with E-state index in [1.807, 2.05) is 4.90 Å². The average molecular weight is 269 g/mol. The number of rotatable bonds is 3. The molecule has 6 nitrogen and oxygen atoms in total. The number of ether oxygens (including phenoxy) is 1. The zero-order chi connectivity index (χ0) is 13.7. The third-order valence-corrected chi connectivity index (χ3v) is 3.96. The molecule has 1 saturated heterocycles. The Labute approximate surface area is 114 Å². The van der Waals surface area contributed by atoms with Crippen molar-refractivity contribution in [3.63, 3.8) is 0 Å². The number of methoxy groups -OCH3 is 1. The summed E-state index contributed by atoms with van der Waals surface area (Å²) < 4.78 is 4.67. The number of piperazine rings is 1. The van der Waals surface area contributed by atoms with Crippen molar-refractivity contribution in [3.05, 3.63) is 0 Å². The van der Waals surface area contributed by atoms with Gasteiger partial charge in [-0.1, -0.05) is 12.8 Å². The van der Waals surface area contributed by atoms with Gasteiger partial charge in [-0.25, -0.2) is 4.79 Å². The van der Waals surface area contributed by atoms with E-state index in [1.54, 1.807) is 4.90 Å². The number of hydrogen-bond acceptors (Lipinski definition) is 4. The molecule has 2 rings (SSSR count). The van der Waals surface area contributed by atoms with Gasteiger partial charge in [0.15, 0.2) is 0 Å². The average Bonchev–Trinajstić information content (AvgIpc) is 2.97. The Morgan fingerprint density at radius 1 is 1.11 bits per heavy atom. The van der Waals surface area contributed by atoms with Crippen molar-refractivity contribution in [1.82, 2.24) is 15.1 Å². The van der Waals surface area contributed by atoms with Gasteiger partial charge in [0.1, 0.15) is 0 Å². The van der Waals surface area contributed by atoms with E-state index in [0.717, 1.165) is 0 Å². The Bertz CT molecular complexity index is 321. The van der Waals surface area contributed by atoms with Crippen molar-refractivity contribution in [2.45, 2.75) is 31.7 Å². The van der Waals surface area contributed by atoms with Crippen molar-refractivity contribution in [2.75, 3.05) is 39.8 Å². The normalized spacial score (nSPS) is 20.7. The number of hydrogen-bond donors (Lipinski definition) is 1. The molecule has 0 bridgehead atoms. The number of nitrogens with one attached hydrogen (secondary N) is 1. The molecule has 108 valence electrons. The summed E-state index contributed by atoms with van der Waals surface area (Å²) in [5, 5.41) is 3.33. The van der Waals surface area contributed by atoms with Crippen LogP contribution in [-0.4, -0.2) is 67.7 Å². The third kappa shape index (κ3) is 3.83. The lowest BCUT2D eigenvalue weighted by molar-refractivity contribution is -0.131. The zero-order valence-corrected chi connectivity index (χ0v) is 11.6. The van der Waals surface area contributed by atoms with E-state index in [9.17, 15) is 9.59 Å². The first-order valence-corrected chi connectivity index (χ1v) is 7.05. The molecule has 0 aromatic heterocycles. The fourth-order valence-corrected chi connectivity index (χ4v) is 2.74. The minimum Gasteiger partial charge on any atom is -0.453 e. The second-order valence-corrected chi connectivity index (χ2v) is 5.20. The first kappa shape index (κ1) is 14.1. The monoisotopic (exact) mass is 269 g/mol. The van der Waals surface area contributed by atoms with E-state index in [0.29, 0.717) is 38.8 Å². The van der Waals surface area contributed by atoms with Gasteiger partial charge in [0.2, 0.25) is 5.91 Å². The lowest BCUT2D eigenvalue weighted by atomic mass is 10.2. The van der Waals surface area contributed by atoms with Crippen LogP contribution in [-0.2, 0) is 9.53 Å². The van der Waals surface area contributed by atoms with Crippen LogP contribution in [0.25, 0.3) is 0 Å². The van der Waals surface area contributed by atoms with Gasteiger partial charge in [-0.15, -0.1) is 0 Å². The highest BCUT2D eigenvalue weighted by Gasteiger charge is 2.25. The fourth-order valence-electron chi connectivity index (χ4n) is 2.74. The molecule has 0 atom stereocenters. The van der Waals surface area contributed by atoms with Crippen LogP contribution < -0.4 is 5.32 Å². The van der Waals surface area contributed by atoms with Gasteiger partial charge in [-0.05, 0) is 12.8 Å². The molecule has 1 aliphatic heterocycles. The van der Waals surface area contributed by atoms with Gasteiger partial charge in [-0.3, -0.25) is 4.79 Å². The summed E-state index contributed by atoms with van der Waals surface area (Å²) in [7, 11) is 1.38. The predicted octanol–water partition coefficient (Wildman–Crippen LogP) is 0.429. The Morgan fingerprint density at radius 3 is 2.26 bits per heavy atom. The van der Waals surface area contributed by atoms with Crippen LogP contribution in [0.3, 0.4) is 0 Å². The van der Waals surface area contributed by atoms with Crippen molar-refractivity contribution in [3.8, 4) is 0 Å². The van der Waals surface area contributed by atoms with Crippen molar-refractivity contribution in [2.24, 2.45) is 0 Å². The van der Waals surface area contributed by atoms with E-state index in [-0.39, 0.29) is 12.0 Å². The summed E-state index contributed by atoms with van der Waals surface area (Å²) in [6, 6.07) is 0.514. The Hall–Kier alpha value is -1.30. The van der Waals surface area contributed by atoms with Crippen LogP contribution in [0.1, 0.15) is 25.7 Å². The first-order chi connectivity index (χ1) is 9.20. The Morgan fingerprint density at radius 2 is 1.68 bits per heavy atom. The second kappa shape index (κ2) is 6.75. The quantitative estimate of drug-likeness (QED) is 0.807. The van der Waals surface area contributed by atoms with Crippen LogP contribution >= 0.6 is 0 Å². The summed E-state index contributed by atoms with van der Waals surface area (Å²) in [6.07, 6.45) is 4.59. The molecule has 1 aliphatic carbocycles. The molecule has 0 unspecified atom stereocenters. The Balaban J connectivity index is 1.68. The van der Waals surface area contributed by atoms with E-state index in [4.69, 9.17) is 0 Å². The second-order valence-electron chi connectivity index (χ2n) is 5.20. The van der Waals surface area contributed by atoms with Gasteiger partial charge in [0, 0.05) is 32.2 Å². The van der Waals surface area contributed by atoms with Crippen LogP contribution in [0.5, 0.6) is 0 Å². The lowest BCUT2D eigenvalue weighted by Gasteiger charge is -2.34.